The lowest BCUT2D eigenvalue weighted by atomic mass is 10.2. The first kappa shape index (κ1) is 15.2. The maximum absolute atomic E-state index is 11.8. The van der Waals surface area contributed by atoms with Crippen molar-refractivity contribution < 1.29 is 4.79 Å². The molecule has 0 unspecified atom stereocenters. The van der Waals surface area contributed by atoms with Gasteiger partial charge in [0.2, 0.25) is 5.91 Å². The molecule has 0 aromatic carbocycles. The Morgan fingerprint density at radius 1 is 1.26 bits per heavy atom. The lowest BCUT2D eigenvalue weighted by Crippen LogP contribution is -2.09. The van der Waals surface area contributed by atoms with Crippen LogP contribution >= 0.6 is 11.3 Å². The summed E-state index contributed by atoms with van der Waals surface area (Å²) >= 11 is 1.60. The molecule has 116 valence electrons. The molecule has 6 heteroatoms. The molecule has 3 heterocycles. The van der Waals surface area contributed by atoms with E-state index in [0.29, 0.717) is 5.82 Å². The third-order valence-electron chi connectivity index (χ3n) is 3.24. The average molecular weight is 324 g/mol. The molecule has 0 aliphatic rings. The second-order valence-corrected chi connectivity index (χ2v) is 5.73. The molecule has 1 N–H and O–H groups in total. The fourth-order valence-electron chi connectivity index (χ4n) is 2.06. The van der Waals surface area contributed by atoms with Gasteiger partial charge in [0.15, 0.2) is 5.82 Å². The number of rotatable bonds is 6. The topological polar surface area (TPSA) is 59.8 Å². The van der Waals surface area contributed by atoms with E-state index in [0.717, 1.165) is 18.5 Å². The molecular formula is C17H16N4OS. The van der Waals surface area contributed by atoms with Gasteiger partial charge in [-0.3, -0.25) is 14.5 Å². The normalized spacial score (nSPS) is 11.0. The first-order valence-corrected chi connectivity index (χ1v) is 8.17. The molecule has 5 nitrogen and oxygen atoms in total. The van der Waals surface area contributed by atoms with Crippen LogP contribution in [0.25, 0.3) is 6.08 Å². The summed E-state index contributed by atoms with van der Waals surface area (Å²) in [7, 11) is 0. The van der Waals surface area contributed by atoms with Crippen molar-refractivity contribution in [2.45, 2.75) is 13.0 Å². The Morgan fingerprint density at radius 2 is 2.13 bits per heavy atom. The third kappa shape index (κ3) is 4.62. The van der Waals surface area contributed by atoms with E-state index in [2.05, 4.69) is 15.4 Å². The van der Waals surface area contributed by atoms with Crippen LogP contribution in [-0.4, -0.2) is 20.7 Å². The predicted octanol–water partition coefficient (Wildman–Crippen LogP) is 3.23. The van der Waals surface area contributed by atoms with Crippen molar-refractivity contribution in [1.29, 1.82) is 0 Å². The fourth-order valence-corrected chi connectivity index (χ4v) is 2.68. The second kappa shape index (κ2) is 7.51. The minimum Gasteiger partial charge on any atom is -0.306 e. The summed E-state index contributed by atoms with van der Waals surface area (Å²) in [5, 5.41) is 11.1. The second-order valence-electron chi connectivity index (χ2n) is 4.95. The Bertz CT molecular complexity index is 778. The number of hydrogen-bond acceptors (Lipinski definition) is 4. The van der Waals surface area contributed by atoms with Crippen LogP contribution in [0.5, 0.6) is 0 Å². The van der Waals surface area contributed by atoms with E-state index in [-0.39, 0.29) is 5.91 Å². The van der Waals surface area contributed by atoms with E-state index in [4.69, 9.17) is 0 Å². The van der Waals surface area contributed by atoms with Gasteiger partial charge in [-0.05, 0) is 52.6 Å². The Hall–Kier alpha value is -2.73. The molecule has 0 aliphatic carbocycles. The number of carbonyl (C=O) groups is 1. The molecule has 0 bridgehead atoms. The largest absolute Gasteiger partial charge is 0.306 e. The molecule has 0 saturated carbocycles. The average Bonchev–Trinajstić information content (AvgIpc) is 3.24. The molecule has 0 spiro atoms. The highest BCUT2D eigenvalue weighted by Gasteiger charge is 2.02. The number of pyridine rings is 1. The summed E-state index contributed by atoms with van der Waals surface area (Å²) in [5.74, 6) is 0.371. The standard InChI is InChI=1S/C17H16N4OS/c22-17(2-1-15-7-12-23-13-15)19-16-6-11-21(20-16)10-5-14-3-8-18-9-4-14/h1-4,6-9,11-13H,5,10H2,(H,19,20,22). The van der Waals surface area contributed by atoms with Gasteiger partial charge in [-0.25, -0.2) is 0 Å². The monoisotopic (exact) mass is 324 g/mol. The van der Waals surface area contributed by atoms with Gasteiger partial charge in [-0.1, -0.05) is 0 Å². The highest BCUT2D eigenvalue weighted by atomic mass is 32.1. The third-order valence-corrected chi connectivity index (χ3v) is 3.94. The lowest BCUT2D eigenvalue weighted by molar-refractivity contribution is -0.111. The number of anilines is 1. The summed E-state index contributed by atoms with van der Waals surface area (Å²) in [6, 6.07) is 7.73. The number of nitrogens with one attached hydrogen (secondary N) is 1. The van der Waals surface area contributed by atoms with Gasteiger partial charge in [-0.15, -0.1) is 0 Å². The van der Waals surface area contributed by atoms with Crippen molar-refractivity contribution in [2.24, 2.45) is 0 Å². The van der Waals surface area contributed by atoms with Crippen molar-refractivity contribution in [3.8, 4) is 0 Å². The Kier molecular flexibility index (Phi) is 4.95. The summed E-state index contributed by atoms with van der Waals surface area (Å²) in [5.41, 5.74) is 2.23. The minimum absolute atomic E-state index is 0.185. The fraction of sp³-hybridized carbons (Fsp3) is 0.118. The maximum atomic E-state index is 11.8. The van der Waals surface area contributed by atoms with Gasteiger partial charge in [0.05, 0.1) is 0 Å². The van der Waals surface area contributed by atoms with Crippen LogP contribution in [0.4, 0.5) is 5.82 Å². The number of hydrogen-bond donors (Lipinski definition) is 1. The van der Waals surface area contributed by atoms with E-state index in [1.165, 1.54) is 11.6 Å². The van der Waals surface area contributed by atoms with E-state index in [1.807, 2.05) is 39.8 Å². The smallest absolute Gasteiger partial charge is 0.249 e. The van der Waals surface area contributed by atoms with E-state index in [9.17, 15) is 4.79 Å². The molecule has 23 heavy (non-hydrogen) atoms. The molecule has 1 amide bonds. The summed E-state index contributed by atoms with van der Waals surface area (Å²) in [6.45, 7) is 0.755. The molecular weight excluding hydrogens is 308 g/mol. The molecule has 0 aliphatic heterocycles. The molecule has 3 rings (SSSR count). The highest BCUT2D eigenvalue weighted by Crippen LogP contribution is 2.08. The van der Waals surface area contributed by atoms with Crippen molar-refractivity contribution in [3.63, 3.8) is 0 Å². The summed E-state index contributed by atoms with van der Waals surface area (Å²) in [4.78, 5) is 15.8. The van der Waals surface area contributed by atoms with Gasteiger partial charge in [0.25, 0.3) is 0 Å². The molecule has 0 saturated heterocycles. The number of aromatic nitrogens is 3. The lowest BCUT2D eigenvalue weighted by Gasteiger charge is -2.01. The van der Waals surface area contributed by atoms with Crippen LogP contribution in [0.15, 0.2) is 59.7 Å². The molecule has 0 fully saturated rings. The zero-order chi connectivity index (χ0) is 15.9. The van der Waals surface area contributed by atoms with Crippen molar-refractivity contribution in [3.05, 3.63) is 70.8 Å². The Balaban J connectivity index is 1.51. The summed E-state index contributed by atoms with van der Waals surface area (Å²) in [6.07, 6.45) is 9.59. The number of nitrogens with zero attached hydrogens (tertiary/aromatic N) is 3. The van der Waals surface area contributed by atoms with E-state index < -0.39 is 0 Å². The first-order chi connectivity index (χ1) is 11.3. The van der Waals surface area contributed by atoms with Crippen LogP contribution in [0, 0.1) is 0 Å². The zero-order valence-electron chi connectivity index (χ0n) is 12.4. The van der Waals surface area contributed by atoms with Gasteiger partial charge in [0.1, 0.15) is 0 Å². The van der Waals surface area contributed by atoms with Gasteiger partial charge < -0.3 is 5.32 Å². The Labute approximate surface area is 138 Å². The van der Waals surface area contributed by atoms with Gasteiger partial charge in [0, 0.05) is 37.3 Å². The van der Waals surface area contributed by atoms with Gasteiger partial charge >= 0.3 is 0 Å². The molecule has 0 radical (unpaired) electrons. The van der Waals surface area contributed by atoms with Crippen LogP contribution in [0.1, 0.15) is 11.1 Å². The van der Waals surface area contributed by atoms with Crippen molar-refractivity contribution in [1.82, 2.24) is 14.8 Å². The number of aryl methyl sites for hydroxylation is 2. The quantitative estimate of drug-likeness (QED) is 0.708. The SMILES string of the molecule is O=C(C=Cc1ccsc1)Nc1ccn(CCc2ccncc2)n1. The Morgan fingerprint density at radius 3 is 2.91 bits per heavy atom. The van der Waals surface area contributed by atoms with E-state index in [1.54, 1.807) is 35.9 Å². The van der Waals surface area contributed by atoms with Gasteiger partial charge in [-0.2, -0.15) is 16.4 Å². The van der Waals surface area contributed by atoms with E-state index >= 15 is 0 Å². The number of thiophene rings is 1. The molecule has 3 aromatic heterocycles. The van der Waals surface area contributed by atoms with Crippen LogP contribution < -0.4 is 5.32 Å². The number of carbonyl (C=O) groups excluding carboxylic acids is 1. The summed E-state index contributed by atoms with van der Waals surface area (Å²) < 4.78 is 1.82. The van der Waals surface area contributed by atoms with Crippen LogP contribution in [0.2, 0.25) is 0 Å². The molecule has 0 atom stereocenters. The first-order valence-electron chi connectivity index (χ1n) is 7.23. The minimum atomic E-state index is -0.185. The highest BCUT2D eigenvalue weighted by molar-refractivity contribution is 7.08. The molecule has 3 aromatic rings. The van der Waals surface area contributed by atoms with Crippen LogP contribution in [-0.2, 0) is 17.8 Å². The maximum Gasteiger partial charge on any atom is 0.249 e. The zero-order valence-corrected chi connectivity index (χ0v) is 13.2. The predicted molar refractivity (Wildman–Crippen MR) is 92.2 cm³/mol. The number of amides is 1. The van der Waals surface area contributed by atoms with Crippen molar-refractivity contribution >= 4 is 29.1 Å². The van der Waals surface area contributed by atoms with Crippen LogP contribution in [0.3, 0.4) is 0 Å². The van der Waals surface area contributed by atoms with Crippen molar-refractivity contribution in [2.75, 3.05) is 5.32 Å².